The van der Waals surface area contributed by atoms with Gasteiger partial charge in [-0.05, 0) is 66.4 Å². The van der Waals surface area contributed by atoms with Crippen LogP contribution in [0.5, 0.6) is 0 Å². The molecule has 2 aromatic carbocycles. The van der Waals surface area contributed by atoms with Gasteiger partial charge in [0, 0.05) is 15.8 Å². The van der Waals surface area contributed by atoms with Gasteiger partial charge < -0.3 is 16.2 Å². The minimum atomic E-state index is -3.59. The lowest BCUT2D eigenvalue weighted by Crippen LogP contribution is -2.19. The first-order chi connectivity index (χ1) is 13.4. The van der Waals surface area contributed by atoms with Crippen molar-refractivity contribution in [2.45, 2.75) is 24.6 Å². The maximum absolute atomic E-state index is 11.5. The first kappa shape index (κ1) is 31.0. The molecule has 0 unspecified atom stereocenters. The number of hydrogen-bond acceptors (Lipinski definition) is 8. The van der Waals surface area contributed by atoms with Gasteiger partial charge in [-0.3, -0.25) is 0 Å². The van der Waals surface area contributed by atoms with Crippen LogP contribution in [-0.4, -0.2) is 44.0 Å². The molecule has 0 radical (unpaired) electrons. The van der Waals surface area contributed by atoms with Crippen LogP contribution in [0, 0.1) is 0 Å². The molecule has 2 aromatic rings. The van der Waals surface area contributed by atoms with Gasteiger partial charge in [-0.15, -0.1) is 0 Å². The summed E-state index contributed by atoms with van der Waals surface area (Å²) in [6, 6.07) is 8.28. The van der Waals surface area contributed by atoms with Crippen LogP contribution in [0.3, 0.4) is 0 Å². The highest BCUT2D eigenvalue weighted by Gasteiger charge is 2.17. The fourth-order valence-electron chi connectivity index (χ4n) is 1.90. The molecule has 0 aliphatic heterocycles. The molecule has 0 saturated carbocycles. The number of benzene rings is 2. The lowest BCUT2D eigenvalue weighted by molar-refractivity contribution is 0.0601. The van der Waals surface area contributed by atoms with Gasteiger partial charge in [0.05, 0.1) is 22.5 Å². The summed E-state index contributed by atoms with van der Waals surface area (Å²) < 4.78 is 54.9. The van der Waals surface area contributed by atoms with Crippen LogP contribution in [0.4, 0.5) is 11.4 Å². The van der Waals surface area contributed by atoms with E-state index in [0.717, 1.165) is 0 Å². The van der Waals surface area contributed by atoms with E-state index in [4.69, 9.17) is 11.5 Å². The molecule has 176 valence electrons. The zero-order chi connectivity index (χ0) is 22.4. The number of nitrogens with two attached hydrogens (primary N) is 2. The lowest BCUT2D eigenvalue weighted by atomic mass is 10.2. The number of rotatable bonds is 5. The number of nitrogens with one attached hydrogen (secondary N) is 2. The van der Waals surface area contributed by atoms with Crippen molar-refractivity contribution in [2.75, 3.05) is 32.7 Å². The molecule has 0 aromatic heterocycles. The van der Waals surface area contributed by atoms with Crippen LogP contribution in [0.15, 0.2) is 50.7 Å². The summed E-state index contributed by atoms with van der Waals surface area (Å²) >= 11 is 3.15. The Morgan fingerprint density at radius 2 is 1.29 bits per heavy atom. The van der Waals surface area contributed by atoms with E-state index < -0.39 is 26.0 Å². The fourth-order valence-corrected chi connectivity index (χ4v) is 3.94. The Kier molecular flexibility index (Phi) is 12.6. The molecule has 2 rings (SSSR count). The van der Waals surface area contributed by atoms with E-state index in [1.807, 2.05) is 0 Å². The molecule has 31 heavy (non-hydrogen) atoms. The standard InChI is InChI=1S/C9H12N2O4S.C7H9BrN2O2S.2CH4/c1-11-16(13,14)6-3-4-8(10)7(5-6)9(12)15-2;1-10-13(11,12)5-2-3-7(9)6(8)4-5;;/h3-5,11H,10H2,1-2H3;2-4,10H,9H2,1H3;2*1H4. The molecule has 0 fully saturated rings. The molecule has 0 spiro atoms. The van der Waals surface area contributed by atoms with E-state index in [1.165, 1.54) is 57.6 Å². The Morgan fingerprint density at radius 3 is 1.68 bits per heavy atom. The van der Waals surface area contributed by atoms with Crippen LogP contribution < -0.4 is 20.9 Å². The van der Waals surface area contributed by atoms with Crippen molar-refractivity contribution >= 4 is 53.3 Å². The van der Waals surface area contributed by atoms with Crippen molar-refractivity contribution in [2.24, 2.45) is 0 Å². The van der Waals surface area contributed by atoms with Gasteiger partial charge in [0.2, 0.25) is 20.0 Å². The number of ether oxygens (including phenoxy) is 1. The highest BCUT2D eigenvalue weighted by atomic mass is 79.9. The van der Waals surface area contributed by atoms with Crippen molar-refractivity contribution in [3.05, 3.63) is 46.4 Å². The molecule has 0 aliphatic rings. The van der Waals surface area contributed by atoms with Gasteiger partial charge >= 0.3 is 5.97 Å². The minimum absolute atomic E-state index is 0. The van der Waals surface area contributed by atoms with E-state index in [1.54, 1.807) is 0 Å². The van der Waals surface area contributed by atoms with E-state index in [9.17, 15) is 21.6 Å². The van der Waals surface area contributed by atoms with Gasteiger partial charge in [0.15, 0.2) is 0 Å². The Hall–Kier alpha value is -2.19. The predicted molar refractivity (Wildman–Crippen MR) is 127 cm³/mol. The zero-order valence-corrected chi connectivity index (χ0v) is 19.0. The Morgan fingerprint density at radius 1 is 0.871 bits per heavy atom. The van der Waals surface area contributed by atoms with Crippen molar-refractivity contribution in [1.29, 1.82) is 0 Å². The summed E-state index contributed by atoms with van der Waals surface area (Å²) in [6.07, 6.45) is 0. The molecular weight excluding hydrogens is 512 g/mol. The molecule has 0 aliphatic carbocycles. The first-order valence-corrected chi connectivity index (χ1v) is 11.6. The van der Waals surface area contributed by atoms with Crippen molar-refractivity contribution in [3.63, 3.8) is 0 Å². The second kappa shape index (κ2) is 12.6. The molecule has 0 heterocycles. The SMILES string of the molecule is C.C.CNS(=O)(=O)c1ccc(N)c(Br)c1.CNS(=O)(=O)c1ccc(N)c(C(=O)OC)c1. The number of carbonyl (C=O) groups excluding carboxylic acids is 1. The summed E-state index contributed by atoms with van der Waals surface area (Å²) in [5.41, 5.74) is 11.8. The molecule has 13 heteroatoms. The van der Waals surface area contributed by atoms with Crippen LogP contribution >= 0.6 is 15.9 Å². The summed E-state index contributed by atoms with van der Waals surface area (Å²) in [5, 5.41) is 0. The van der Waals surface area contributed by atoms with Crippen LogP contribution in [0.1, 0.15) is 25.2 Å². The maximum Gasteiger partial charge on any atom is 0.339 e. The molecule has 0 bridgehead atoms. The van der Waals surface area contributed by atoms with Crippen molar-refractivity contribution < 1.29 is 26.4 Å². The maximum atomic E-state index is 11.5. The third kappa shape index (κ3) is 8.10. The van der Waals surface area contributed by atoms with Gasteiger partial charge in [-0.1, -0.05) is 14.9 Å². The number of hydrogen-bond donors (Lipinski definition) is 4. The third-order valence-electron chi connectivity index (χ3n) is 3.56. The smallest absolute Gasteiger partial charge is 0.339 e. The topological polar surface area (TPSA) is 171 Å². The normalized spacial score (nSPS) is 10.6. The first-order valence-electron chi connectivity index (χ1n) is 7.79. The van der Waals surface area contributed by atoms with Crippen molar-refractivity contribution in [1.82, 2.24) is 9.44 Å². The van der Waals surface area contributed by atoms with Crippen LogP contribution in [0.2, 0.25) is 0 Å². The summed E-state index contributed by atoms with van der Waals surface area (Å²) in [5.74, 6) is -0.675. The number of esters is 1. The van der Waals surface area contributed by atoms with Gasteiger partial charge in [-0.2, -0.15) is 0 Å². The largest absolute Gasteiger partial charge is 0.465 e. The molecule has 0 atom stereocenters. The minimum Gasteiger partial charge on any atom is -0.465 e. The van der Waals surface area contributed by atoms with Crippen LogP contribution in [-0.2, 0) is 24.8 Å². The number of carbonyl (C=O) groups is 1. The van der Waals surface area contributed by atoms with E-state index >= 15 is 0 Å². The third-order valence-corrected chi connectivity index (χ3v) is 7.07. The highest BCUT2D eigenvalue weighted by molar-refractivity contribution is 9.10. The molecular formula is C18H29BrN4O6S2. The number of methoxy groups -OCH3 is 1. The average molecular weight is 541 g/mol. The van der Waals surface area contributed by atoms with Crippen LogP contribution in [0.25, 0.3) is 0 Å². The molecule has 0 saturated heterocycles. The summed E-state index contributed by atoms with van der Waals surface area (Å²) in [6.45, 7) is 0. The van der Waals surface area contributed by atoms with E-state index in [2.05, 4.69) is 30.1 Å². The Labute approximate surface area is 192 Å². The number of sulfonamides is 2. The van der Waals surface area contributed by atoms with Gasteiger partial charge in [-0.25, -0.2) is 31.1 Å². The lowest BCUT2D eigenvalue weighted by Gasteiger charge is -2.07. The van der Waals surface area contributed by atoms with Gasteiger partial charge in [0.1, 0.15) is 0 Å². The average Bonchev–Trinajstić information content (AvgIpc) is 2.70. The number of halogens is 1. The van der Waals surface area contributed by atoms with E-state index in [0.29, 0.717) is 10.2 Å². The monoisotopic (exact) mass is 540 g/mol. The zero-order valence-electron chi connectivity index (χ0n) is 15.8. The molecule has 6 N–H and O–H groups in total. The number of anilines is 2. The molecule has 10 nitrogen and oxygen atoms in total. The predicted octanol–water partition coefficient (Wildman–Crippen LogP) is 2.18. The second-order valence-corrected chi connectivity index (χ2v) is 9.97. The fraction of sp³-hybridized carbons (Fsp3) is 0.278. The highest BCUT2D eigenvalue weighted by Crippen LogP contribution is 2.22. The van der Waals surface area contributed by atoms with E-state index in [-0.39, 0.29) is 35.9 Å². The summed E-state index contributed by atoms with van der Waals surface area (Å²) in [4.78, 5) is 11.4. The quantitative estimate of drug-likeness (QED) is 0.330. The summed E-state index contributed by atoms with van der Waals surface area (Å²) in [7, 11) is -3.13. The number of nitrogen functional groups attached to an aromatic ring is 2. The Bertz CT molecular complexity index is 1110. The second-order valence-electron chi connectivity index (χ2n) is 5.34. The van der Waals surface area contributed by atoms with Crippen molar-refractivity contribution in [3.8, 4) is 0 Å². The molecule has 0 amide bonds. The Balaban J connectivity index is 0. The van der Waals surface area contributed by atoms with Gasteiger partial charge in [0.25, 0.3) is 0 Å².